The van der Waals surface area contributed by atoms with Crippen molar-refractivity contribution in [3.8, 4) is 11.3 Å². The maximum absolute atomic E-state index is 12.5. The van der Waals surface area contributed by atoms with E-state index < -0.39 is 0 Å². The van der Waals surface area contributed by atoms with Gasteiger partial charge in [-0.2, -0.15) is 8.75 Å². The number of anilines is 1. The Labute approximate surface area is 135 Å². The number of hydrogen-bond acceptors (Lipinski definition) is 6. The molecule has 2 aromatic heterocycles. The Kier molecular flexibility index (Phi) is 3.32. The number of amides is 1. The van der Waals surface area contributed by atoms with Crippen LogP contribution in [-0.4, -0.2) is 19.6 Å². The van der Waals surface area contributed by atoms with Crippen molar-refractivity contribution >= 4 is 34.4 Å². The van der Waals surface area contributed by atoms with Crippen LogP contribution < -0.4 is 5.32 Å². The number of oxazole rings is 1. The Balaban J connectivity index is 1.64. The highest BCUT2D eigenvalue weighted by Crippen LogP contribution is 2.23. The van der Waals surface area contributed by atoms with Crippen LogP contribution >= 0.6 is 11.7 Å². The first-order chi connectivity index (χ1) is 11.3. The van der Waals surface area contributed by atoms with Gasteiger partial charge in [-0.3, -0.25) is 4.79 Å². The number of fused-ring (bicyclic) bond motifs is 1. The van der Waals surface area contributed by atoms with Gasteiger partial charge < -0.3 is 9.73 Å². The van der Waals surface area contributed by atoms with Gasteiger partial charge >= 0.3 is 0 Å². The fraction of sp³-hybridized carbons (Fsp3) is 0. The second kappa shape index (κ2) is 5.62. The van der Waals surface area contributed by atoms with Crippen LogP contribution in [0, 0.1) is 0 Å². The summed E-state index contributed by atoms with van der Waals surface area (Å²) in [5, 5.41) is 2.88. The molecular formula is C16H10N4O2S. The largest absolute Gasteiger partial charge is 0.444 e. The lowest BCUT2D eigenvalue weighted by Crippen LogP contribution is -2.12. The van der Waals surface area contributed by atoms with Crippen molar-refractivity contribution in [3.05, 3.63) is 60.6 Å². The fourth-order valence-corrected chi connectivity index (χ4v) is 2.85. The molecule has 2 aromatic carbocycles. The highest BCUT2D eigenvalue weighted by molar-refractivity contribution is 7.00. The molecule has 2 heterocycles. The average Bonchev–Trinajstić information content (AvgIpc) is 3.26. The van der Waals surface area contributed by atoms with Crippen molar-refractivity contribution in [1.29, 1.82) is 0 Å². The van der Waals surface area contributed by atoms with Gasteiger partial charge in [-0.25, -0.2) is 4.98 Å². The van der Waals surface area contributed by atoms with E-state index in [4.69, 9.17) is 4.42 Å². The summed E-state index contributed by atoms with van der Waals surface area (Å²) in [6.07, 6.45) is 3.00. The zero-order valence-corrected chi connectivity index (χ0v) is 12.6. The summed E-state index contributed by atoms with van der Waals surface area (Å²) < 4.78 is 13.6. The summed E-state index contributed by atoms with van der Waals surface area (Å²) in [6.45, 7) is 0. The van der Waals surface area contributed by atoms with Gasteiger partial charge in [0.1, 0.15) is 11.0 Å². The maximum atomic E-state index is 12.5. The molecule has 0 fully saturated rings. The number of carbonyl (C=O) groups excluding carboxylic acids is 1. The molecule has 7 heteroatoms. The molecule has 0 aliphatic rings. The minimum absolute atomic E-state index is 0.224. The Morgan fingerprint density at radius 2 is 2.04 bits per heavy atom. The molecule has 1 amide bonds. The molecule has 0 unspecified atom stereocenters. The zero-order chi connectivity index (χ0) is 15.6. The highest BCUT2D eigenvalue weighted by atomic mass is 32.1. The van der Waals surface area contributed by atoms with Crippen molar-refractivity contribution in [2.24, 2.45) is 0 Å². The van der Waals surface area contributed by atoms with E-state index in [1.165, 1.54) is 6.39 Å². The van der Waals surface area contributed by atoms with E-state index in [-0.39, 0.29) is 5.91 Å². The predicted molar refractivity (Wildman–Crippen MR) is 87.3 cm³/mol. The van der Waals surface area contributed by atoms with Gasteiger partial charge in [0, 0.05) is 11.3 Å². The fourth-order valence-electron chi connectivity index (χ4n) is 2.30. The second-order valence-electron chi connectivity index (χ2n) is 4.84. The van der Waals surface area contributed by atoms with E-state index in [0.29, 0.717) is 22.5 Å². The summed E-state index contributed by atoms with van der Waals surface area (Å²) in [6, 6.07) is 12.7. The van der Waals surface area contributed by atoms with Crippen molar-refractivity contribution < 1.29 is 9.21 Å². The first kappa shape index (κ1) is 13.6. The molecule has 0 atom stereocenters. The van der Waals surface area contributed by atoms with Gasteiger partial charge in [0.05, 0.1) is 23.5 Å². The SMILES string of the molecule is O=C(Nc1cccc(-c2cnco2)c1)c1cccc2nsnc12. The molecule has 0 saturated heterocycles. The number of hydrogen-bond donors (Lipinski definition) is 1. The van der Waals surface area contributed by atoms with Gasteiger partial charge in [-0.1, -0.05) is 18.2 Å². The molecule has 0 aliphatic heterocycles. The Bertz CT molecular complexity index is 979. The number of benzene rings is 2. The monoisotopic (exact) mass is 322 g/mol. The van der Waals surface area contributed by atoms with Crippen LogP contribution in [0.25, 0.3) is 22.4 Å². The third-order valence-corrected chi connectivity index (χ3v) is 3.91. The van der Waals surface area contributed by atoms with Crippen LogP contribution in [0.15, 0.2) is 59.5 Å². The lowest BCUT2D eigenvalue weighted by molar-refractivity contribution is 0.102. The molecule has 0 saturated carbocycles. The first-order valence-electron chi connectivity index (χ1n) is 6.83. The van der Waals surface area contributed by atoms with E-state index >= 15 is 0 Å². The number of aromatic nitrogens is 3. The van der Waals surface area contributed by atoms with Gasteiger partial charge in [-0.15, -0.1) is 0 Å². The molecule has 23 heavy (non-hydrogen) atoms. The molecule has 6 nitrogen and oxygen atoms in total. The molecule has 0 radical (unpaired) electrons. The predicted octanol–water partition coefficient (Wildman–Crippen LogP) is 3.60. The highest BCUT2D eigenvalue weighted by Gasteiger charge is 2.13. The van der Waals surface area contributed by atoms with E-state index in [9.17, 15) is 4.79 Å². The van der Waals surface area contributed by atoms with Crippen LogP contribution in [0.1, 0.15) is 10.4 Å². The van der Waals surface area contributed by atoms with Crippen LogP contribution in [-0.2, 0) is 0 Å². The summed E-state index contributed by atoms with van der Waals surface area (Å²) >= 11 is 1.09. The summed E-state index contributed by atoms with van der Waals surface area (Å²) in [5.41, 5.74) is 3.35. The average molecular weight is 322 g/mol. The van der Waals surface area contributed by atoms with Crippen molar-refractivity contribution in [2.45, 2.75) is 0 Å². The quantitative estimate of drug-likeness (QED) is 0.623. The van der Waals surface area contributed by atoms with Gasteiger partial charge in [0.15, 0.2) is 12.2 Å². The van der Waals surface area contributed by atoms with Crippen LogP contribution in [0.5, 0.6) is 0 Å². The Hall–Kier alpha value is -3.06. The molecule has 0 bridgehead atoms. The lowest BCUT2D eigenvalue weighted by atomic mass is 10.1. The van der Waals surface area contributed by atoms with Crippen molar-refractivity contribution in [3.63, 3.8) is 0 Å². The van der Waals surface area contributed by atoms with Gasteiger partial charge in [0.2, 0.25) is 0 Å². The number of nitrogens with zero attached hydrogens (tertiary/aromatic N) is 3. The number of rotatable bonds is 3. The maximum Gasteiger partial charge on any atom is 0.257 e. The van der Waals surface area contributed by atoms with Crippen LogP contribution in [0.2, 0.25) is 0 Å². The summed E-state index contributed by atoms with van der Waals surface area (Å²) in [7, 11) is 0. The minimum Gasteiger partial charge on any atom is -0.444 e. The first-order valence-corrected chi connectivity index (χ1v) is 7.56. The molecule has 1 N–H and O–H groups in total. The van der Waals surface area contributed by atoms with Gasteiger partial charge in [0.25, 0.3) is 5.91 Å². The third-order valence-electron chi connectivity index (χ3n) is 3.37. The zero-order valence-electron chi connectivity index (χ0n) is 11.8. The van der Waals surface area contributed by atoms with Crippen molar-refractivity contribution in [2.75, 3.05) is 5.32 Å². The molecule has 4 rings (SSSR count). The lowest BCUT2D eigenvalue weighted by Gasteiger charge is -2.06. The molecule has 0 spiro atoms. The number of carbonyl (C=O) groups is 1. The topological polar surface area (TPSA) is 80.9 Å². The summed E-state index contributed by atoms with van der Waals surface area (Å²) in [5.74, 6) is 0.421. The van der Waals surface area contributed by atoms with E-state index in [1.54, 1.807) is 18.3 Å². The third kappa shape index (κ3) is 2.58. The molecule has 112 valence electrons. The van der Waals surface area contributed by atoms with E-state index in [1.807, 2.05) is 30.3 Å². The van der Waals surface area contributed by atoms with E-state index in [0.717, 1.165) is 22.8 Å². The molecule has 0 aliphatic carbocycles. The standard InChI is InChI=1S/C16H10N4O2S/c21-16(12-5-2-6-13-15(12)20-23-19-13)18-11-4-1-3-10(7-11)14-8-17-9-22-14/h1-9H,(H,18,21). The van der Waals surface area contributed by atoms with Crippen LogP contribution in [0.3, 0.4) is 0 Å². The Morgan fingerprint density at radius 3 is 2.91 bits per heavy atom. The molecule has 4 aromatic rings. The van der Waals surface area contributed by atoms with Crippen LogP contribution in [0.4, 0.5) is 5.69 Å². The summed E-state index contributed by atoms with van der Waals surface area (Å²) in [4.78, 5) is 16.4. The second-order valence-corrected chi connectivity index (χ2v) is 5.37. The normalized spacial score (nSPS) is 10.8. The Morgan fingerprint density at radius 1 is 1.13 bits per heavy atom. The minimum atomic E-state index is -0.224. The van der Waals surface area contributed by atoms with E-state index in [2.05, 4.69) is 19.0 Å². The number of nitrogens with one attached hydrogen (secondary N) is 1. The van der Waals surface area contributed by atoms with Gasteiger partial charge in [-0.05, 0) is 24.3 Å². The molecular weight excluding hydrogens is 312 g/mol. The smallest absolute Gasteiger partial charge is 0.257 e. The van der Waals surface area contributed by atoms with Crippen molar-refractivity contribution in [1.82, 2.24) is 13.7 Å².